The third-order valence-corrected chi connectivity index (χ3v) is 4.00. The first-order chi connectivity index (χ1) is 9.62. The molecule has 0 aliphatic carbocycles. The van der Waals surface area contributed by atoms with E-state index in [4.69, 9.17) is 21.3 Å². The van der Waals surface area contributed by atoms with Gasteiger partial charge < -0.3 is 9.30 Å². The van der Waals surface area contributed by atoms with Crippen LogP contribution >= 0.6 is 11.6 Å². The summed E-state index contributed by atoms with van der Waals surface area (Å²) in [5.74, 6) is 3.07. The van der Waals surface area contributed by atoms with Crippen molar-refractivity contribution in [1.29, 1.82) is 0 Å². The van der Waals surface area contributed by atoms with Gasteiger partial charge in [0.1, 0.15) is 11.6 Å². The number of rotatable bonds is 6. The quantitative estimate of drug-likeness (QED) is 0.737. The molecule has 3 nitrogen and oxygen atoms in total. The molecule has 0 N–H and O–H groups in total. The summed E-state index contributed by atoms with van der Waals surface area (Å²) in [5, 5.41) is 0. The van der Waals surface area contributed by atoms with Crippen LogP contribution in [0.3, 0.4) is 0 Å². The van der Waals surface area contributed by atoms with Crippen LogP contribution in [-0.2, 0) is 6.42 Å². The van der Waals surface area contributed by atoms with Gasteiger partial charge in [-0.2, -0.15) is 0 Å². The highest BCUT2D eigenvalue weighted by molar-refractivity contribution is 6.17. The summed E-state index contributed by atoms with van der Waals surface area (Å²) < 4.78 is 7.65. The Balaban J connectivity index is 2.61. The third-order valence-electron chi connectivity index (χ3n) is 3.81. The summed E-state index contributed by atoms with van der Waals surface area (Å²) in [6.07, 6.45) is 1.88. The first-order valence-corrected chi connectivity index (χ1v) is 7.76. The van der Waals surface area contributed by atoms with Crippen molar-refractivity contribution >= 4 is 22.6 Å². The van der Waals surface area contributed by atoms with Gasteiger partial charge in [0.2, 0.25) is 0 Å². The van der Waals surface area contributed by atoms with Gasteiger partial charge in [-0.1, -0.05) is 20.8 Å². The lowest BCUT2D eigenvalue weighted by Crippen LogP contribution is -2.17. The molecule has 1 aromatic carbocycles. The van der Waals surface area contributed by atoms with Crippen molar-refractivity contribution in [1.82, 2.24) is 9.55 Å². The van der Waals surface area contributed by atoms with Crippen LogP contribution in [0.4, 0.5) is 0 Å². The van der Waals surface area contributed by atoms with E-state index in [2.05, 4.69) is 31.4 Å². The van der Waals surface area contributed by atoms with Crippen molar-refractivity contribution in [2.75, 3.05) is 13.0 Å². The molecule has 0 aliphatic rings. The minimum absolute atomic E-state index is 0.451. The van der Waals surface area contributed by atoms with Gasteiger partial charge in [0.05, 0.1) is 18.1 Å². The van der Waals surface area contributed by atoms with Gasteiger partial charge in [-0.3, -0.25) is 0 Å². The van der Waals surface area contributed by atoms with Crippen molar-refractivity contribution in [2.24, 2.45) is 5.92 Å². The Morgan fingerprint density at radius 3 is 2.65 bits per heavy atom. The average Bonchev–Trinajstić information content (AvgIpc) is 2.77. The summed E-state index contributed by atoms with van der Waals surface area (Å²) >= 11 is 5.94. The van der Waals surface area contributed by atoms with Gasteiger partial charge in [-0.05, 0) is 24.5 Å². The topological polar surface area (TPSA) is 27.1 Å². The third kappa shape index (κ3) is 2.78. The lowest BCUT2D eigenvalue weighted by atomic mass is 10.0. The molecule has 2 aromatic rings. The first-order valence-electron chi connectivity index (χ1n) is 7.23. The Kier molecular flexibility index (Phi) is 4.92. The molecule has 0 saturated carbocycles. The molecule has 110 valence electrons. The van der Waals surface area contributed by atoms with E-state index >= 15 is 0 Å². The fourth-order valence-corrected chi connectivity index (χ4v) is 3.01. The van der Waals surface area contributed by atoms with Gasteiger partial charge >= 0.3 is 0 Å². The van der Waals surface area contributed by atoms with Gasteiger partial charge in [-0.15, -0.1) is 11.6 Å². The maximum Gasteiger partial charge on any atom is 0.121 e. The van der Waals surface area contributed by atoms with Crippen LogP contribution < -0.4 is 4.74 Å². The minimum Gasteiger partial charge on any atom is -0.497 e. The highest BCUT2D eigenvalue weighted by Crippen LogP contribution is 2.30. The number of aryl methyl sites for hydroxylation is 1. The SMILES string of the molecule is CCC(C(C)C)n1c(CCCl)nc2cc(OC)ccc21. The summed E-state index contributed by atoms with van der Waals surface area (Å²) in [6, 6.07) is 6.55. The Morgan fingerprint density at radius 2 is 2.10 bits per heavy atom. The number of nitrogens with zero attached hydrogens (tertiary/aromatic N) is 2. The molecule has 2 rings (SSSR count). The number of fused-ring (bicyclic) bond motifs is 1. The number of alkyl halides is 1. The predicted octanol–water partition coefficient (Wildman–Crippen LogP) is 4.43. The lowest BCUT2D eigenvalue weighted by Gasteiger charge is -2.24. The molecule has 0 radical (unpaired) electrons. The molecule has 0 fully saturated rings. The molecule has 0 spiro atoms. The molecule has 0 aliphatic heterocycles. The molecule has 0 bridgehead atoms. The van der Waals surface area contributed by atoms with Gasteiger partial charge in [0.15, 0.2) is 0 Å². The van der Waals surface area contributed by atoms with Crippen molar-refractivity contribution < 1.29 is 4.74 Å². The van der Waals surface area contributed by atoms with Gasteiger partial charge in [0, 0.05) is 24.4 Å². The molecule has 1 unspecified atom stereocenters. The average molecular weight is 295 g/mol. The second-order valence-corrected chi connectivity index (χ2v) is 5.79. The van der Waals surface area contributed by atoms with E-state index in [-0.39, 0.29) is 0 Å². The fraction of sp³-hybridized carbons (Fsp3) is 0.562. The summed E-state index contributed by atoms with van der Waals surface area (Å²) in [5.41, 5.74) is 2.16. The Labute approximate surface area is 125 Å². The summed E-state index contributed by atoms with van der Waals surface area (Å²) in [7, 11) is 1.68. The zero-order chi connectivity index (χ0) is 14.7. The highest BCUT2D eigenvalue weighted by Gasteiger charge is 2.20. The molecular formula is C16H23ClN2O. The lowest BCUT2D eigenvalue weighted by molar-refractivity contribution is 0.365. The van der Waals surface area contributed by atoms with Crippen molar-refractivity contribution in [2.45, 2.75) is 39.7 Å². The van der Waals surface area contributed by atoms with Crippen LogP contribution in [0.2, 0.25) is 0 Å². The molecule has 4 heteroatoms. The van der Waals surface area contributed by atoms with Gasteiger partial charge in [0.25, 0.3) is 0 Å². The number of imidazole rings is 1. The maximum absolute atomic E-state index is 5.94. The summed E-state index contributed by atoms with van der Waals surface area (Å²) in [6.45, 7) is 6.74. The zero-order valence-electron chi connectivity index (χ0n) is 12.7. The van der Waals surface area contributed by atoms with Crippen molar-refractivity contribution in [3.05, 3.63) is 24.0 Å². The Bertz CT molecular complexity index is 577. The van der Waals surface area contributed by atoms with Gasteiger partial charge in [-0.25, -0.2) is 4.98 Å². The fourth-order valence-electron chi connectivity index (χ4n) is 2.84. The minimum atomic E-state index is 0.451. The molecule has 1 aromatic heterocycles. The molecule has 1 atom stereocenters. The van der Waals surface area contributed by atoms with Crippen LogP contribution in [-0.4, -0.2) is 22.5 Å². The Morgan fingerprint density at radius 1 is 1.35 bits per heavy atom. The van der Waals surface area contributed by atoms with Crippen LogP contribution in [0.25, 0.3) is 11.0 Å². The van der Waals surface area contributed by atoms with E-state index in [1.54, 1.807) is 7.11 Å². The number of aromatic nitrogens is 2. The highest BCUT2D eigenvalue weighted by atomic mass is 35.5. The Hall–Kier alpha value is -1.22. The van der Waals surface area contributed by atoms with E-state index < -0.39 is 0 Å². The number of ether oxygens (including phenoxy) is 1. The maximum atomic E-state index is 5.94. The number of hydrogen-bond acceptors (Lipinski definition) is 2. The van der Waals surface area contributed by atoms with E-state index in [1.165, 1.54) is 5.52 Å². The van der Waals surface area contributed by atoms with Crippen LogP contribution in [0.5, 0.6) is 5.75 Å². The normalized spacial score (nSPS) is 13.1. The largest absolute Gasteiger partial charge is 0.497 e. The van der Waals surface area contributed by atoms with E-state index in [0.717, 1.165) is 29.9 Å². The standard InChI is InChI=1S/C16H23ClN2O/c1-5-14(11(2)3)19-15-7-6-12(20-4)10-13(15)18-16(19)8-9-17/h6-7,10-11,14H,5,8-9H2,1-4H3. The van der Waals surface area contributed by atoms with Crippen LogP contribution in [0.15, 0.2) is 18.2 Å². The number of halogens is 1. The smallest absolute Gasteiger partial charge is 0.121 e. The van der Waals surface area contributed by atoms with Crippen LogP contribution in [0, 0.1) is 5.92 Å². The predicted molar refractivity (Wildman–Crippen MR) is 84.9 cm³/mol. The first kappa shape index (κ1) is 15.2. The second-order valence-electron chi connectivity index (χ2n) is 5.41. The summed E-state index contributed by atoms with van der Waals surface area (Å²) in [4.78, 5) is 4.76. The van der Waals surface area contributed by atoms with E-state index in [1.807, 2.05) is 12.1 Å². The number of methoxy groups -OCH3 is 1. The van der Waals surface area contributed by atoms with Crippen molar-refractivity contribution in [3.8, 4) is 5.75 Å². The zero-order valence-corrected chi connectivity index (χ0v) is 13.4. The molecule has 1 heterocycles. The van der Waals surface area contributed by atoms with E-state index in [9.17, 15) is 0 Å². The number of benzene rings is 1. The van der Waals surface area contributed by atoms with Crippen molar-refractivity contribution in [3.63, 3.8) is 0 Å². The van der Waals surface area contributed by atoms with E-state index in [0.29, 0.717) is 17.8 Å². The number of hydrogen-bond donors (Lipinski definition) is 0. The molecule has 0 amide bonds. The molecule has 0 saturated heterocycles. The van der Waals surface area contributed by atoms with Crippen LogP contribution in [0.1, 0.15) is 39.1 Å². The monoisotopic (exact) mass is 294 g/mol. The second kappa shape index (κ2) is 6.49. The molecular weight excluding hydrogens is 272 g/mol. The molecule has 20 heavy (non-hydrogen) atoms.